The van der Waals surface area contributed by atoms with E-state index in [-0.39, 0.29) is 23.4 Å². The van der Waals surface area contributed by atoms with E-state index < -0.39 is 6.09 Å². The number of nitrogens with one attached hydrogen (secondary N) is 2. The van der Waals surface area contributed by atoms with Crippen LogP contribution in [0.1, 0.15) is 72.6 Å². The summed E-state index contributed by atoms with van der Waals surface area (Å²) in [5, 5.41) is 6.11. The summed E-state index contributed by atoms with van der Waals surface area (Å²) < 4.78 is 4.86. The number of alkyl carbamates (subject to hydrolysis) is 1. The van der Waals surface area contributed by atoms with E-state index in [4.69, 9.17) is 22.7 Å². The molecule has 1 aliphatic heterocycles. The van der Waals surface area contributed by atoms with Crippen LogP contribution in [0.3, 0.4) is 0 Å². The van der Waals surface area contributed by atoms with Gasteiger partial charge in [0.15, 0.2) is 0 Å². The molecule has 0 unspecified atom stereocenters. The third-order valence-corrected chi connectivity index (χ3v) is 7.18. The summed E-state index contributed by atoms with van der Waals surface area (Å²) in [6.45, 7) is 9.96. The number of rotatable bonds is 8. The van der Waals surface area contributed by atoms with Gasteiger partial charge in [-0.1, -0.05) is 39.9 Å². The van der Waals surface area contributed by atoms with E-state index >= 15 is 0 Å². The molecule has 0 aromatic rings. The molecule has 178 valence electrons. The molecule has 1 saturated heterocycles. The Labute approximate surface area is 193 Å². The molecular formula is C23H42N4O3S. The van der Waals surface area contributed by atoms with Gasteiger partial charge in [-0.25, -0.2) is 4.79 Å². The van der Waals surface area contributed by atoms with E-state index in [0.717, 1.165) is 51.5 Å². The van der Waals surface area contributed by atoms with E-state index in [2.05, 4.69) is 38.3 Å². The van der Waals surface area contributed by atoms with Gasteiger partial charge < -0.3 is 26.0 Å². The smallest absolute Gasteiger partial charge is 0.407 e. The van der Waals surface area contributed by atoms with Crippen LogP contribution in [0.25, 0.3) is 0 Å². The first kappa shape index (κ1) is 25.8. The third-order valence-electron chi connectivity index (χ3n) is 6.71. The number of nitrogens with zero attached hydrogens (tertiary/aromatic N) is 1. The Bertz CT molecular complexity index is 632. The predicted octanol–water partition coefficient (Wildman–Crippen LogP) is 3.21. The summed E-state index contributed by atoms with van der Waals surface area (Å²) in [5.41, 5.74) is 5.72. The summed E-state index contributed by atoms with van der Waals surface area (Å²) in [7, 11) is 1.36. The molecule has 2 amide bonds. The van der Waals surface area contributed by atoms with Crippen molar-refractivity contribution in [2.45, 2.75) is 90.8 Å². The van der Waals surface area contributed by atoms with Crippen LogP contribution < -0.4 is 16.4 Å². The molecule has 0 bridgehead atoms. The van der Waals surface area contributed by atoms with Crippen molar-refractivity contribution in [1.29, 1.82) is 0 Å². The molecule has 2 rings (SSSR count). The van der Waals surface area contributed by atoms with Crippen molar-refractivity contribution in [2.75, 3.05) is 20.2 Å². The van der Waals surface area contributed by atoms with Gasteiger partial charge >= 0.3 is 6.09 Å². The second kappa shape index (κ2) is 11.5. The van der Waals surface area contributed by atoms with Crippen LogP contribution in [0.2, 0.25) is 0 Å². The van der Waals surface area contributed by atoms with E-state index in [1.165, 1.54) is 7.11 Å². The van der Waals surface area contributed by atoms with Gasteiger partial charge in [0.05, 0.1) is 13.2 Å². The SMILES string of the molecule is COC(=O)N[C@H](C(=S)N1CCC[C@H]1C(=O)NCC1CCC(N)CC1)C(C)(C)CC(C)C. The van der Waals surface area contributed by atoms with E-state index in [1.54, 1.807) is 0 Å². The Kier molecular flexibility index (Phi) is 9.55. The van der Waals surface area contributed by atoms with Crippen LogP contribution in [-0.2, 0) is 9.53 Å². The number of hydrogen-bond acceptors (Lipinski definition) is 5. The van der Waals surface area contributed by atoms with Gasteiger partial charge in [0, 0.05) is 19.1 Å². The second-order valence-corrected chi connectivity index (χ2v) is 10.8. The number of thiocarbonyl (C=S) groups is 1. The van der Waals surface area contributed by atoms with Crippen molar-refractivity contribution in [3.8, 4) is 0 Å². The van der Waals surface area contributed by atoms with Gasteiger partial charge in [0.2, 0.25) is 5.91 Å². The zero-order valence-electron chi connectivity index (χ0n) is 19.9. The molecule has 1 saturated carbocycles. The maximum absolute atomic E-state index is 13.0. The van der Waals surface area contributed by atoms with E-state index in [1.807, 2.05) is 4.90 Å². The molecule has 7 nitrogen and oxygen atoms in total. The first-order valence-electron chi connectivity index (χ1n) is 11.7. The molecule has 4 N–H and O–H groups in total. The molecule has 2 fully saturated rings. The molecule has 0 aromatic heterocycles. The lowest BCUT2D eigenvalue weighted by molar-refractivity contribution is -0.124. The molecule has 0 aromatic carbocycles. The molecule has 31 heavy (non-hydrogen) atoms. The molecule has 0 radical (unpaired) electrons. The fraction of sp³-hybridized carbons (Fsp3) is 0.870. The average Bonchev–Trinajstić information content (AvgIpc) is 3.19. The number of nitrogens with two attached hydrogens (primary N) is 1. The minimum atomic E-state index is -0.500. The highest BCUT2D eigenvalue weighted by molar-refractivity contribution is 7.80. The van der Waals surface area contributed by atoms with Crippen molar-refractivity contribution in [3.63, 3.8) is 0 Å². The van der Waals surface area contributed by atoms with Crippen LogP contribution in [0.5, 0.6) is 0 Å². The van der Waals surface area contributed by atoms with Crippen molar-refractivity contribution in [2.24, 2.45) is 23.0 Å². The third kappa shape index (κ3) is 7.31. The number of ether oxygens (including phenoxy) is 1. The van der Waals surface area contributed by atoms with Crippen LogP contribution in [0.4, 0.5) is 4.79 Å². The van der Waals surface area contributed by atoms with Gasteiger partial charge in [-0.05, 0) is 62.2 Å². The number of methoxy groups -OCH3 is 1. The molecule has 2 atom stereocenters. The molecule has 1 aliphatic carbocycles. The lowest BCUT2D eigenvalue weighted by Crippen LogP contribution is -2.58. The van der Waals surface area contributed by atoms with Crippen LogP contribution >= 0.6 is 12.2 Å². The first-order valence-corrected chi connectivity index (χ1v) is 12.1. The Morgan fingerprint density at radius 1 is 1.19 bits per heavy atom. The zero-order valence-corrected chi connectivity index (χ0v) is 20.7. The lowest BCUT2D eigenvalue weighted by Gasteiger charge is -2.40. The molecule has 1 heterocycles. The standard InChI is InChI=1S/C23H42N4O3S/c1-15(2)13-23(3,4)19(26-22(29)30-5)21(31)27-12-6-7-18(27)20(28)25-14-16-8-10-17(24)11-9-16/h15-19H,6-14,24H2,1-5H3,(H,25,28)(H,26,29)/t16?,17?,18-,19+/m0/s1. The van der Waals surface area contributed by atoms with Crippen molar-refractivity contribution in [3.05, 3.63) is 0 Å². The maximum Gasteiger partial charge on any atom is 0.407 e. The summed E-state index contributed by atoms with van der Waals surface area (Å²) in [5.74, 6) is 0.985. The molecule has 8 heteroatoms. The van der Waals surface area contributed by atoms with Crippen LogP contribution in [0, 0.1) is 17.3 Å². The molecule has 2 aliphatic rings. The Balaban J connectivity index is 2.06. The topological polar surface area (TPSA) is 96.7 Å². The van der Waals surface area contributed by atoms with Gasteiger partial charge in [-0.2, -0.15) is 0 Å². The zero-order chi connectivity index (χ0) is 23.2. The Morgan fingerprint density at radius 3 is 2.42 bits per heavy atom. The fourth-order valence-electron chi connectivity index (χ4n) is 5.16. The predicted molar refractivity (Wildman–Crippen MR) is 128 cm³/mol. The normalized spacial score (nSPS) is 25.3. The van der Waals surface area contributed by atoms with Crippen LogP contribution in [-0.4, -0.2) is 60.2 Å². The molecule has 0 spiro atoms. The largest absolute Gasteiger partial charge is 0.453 e. The summed E-state index contributed by atoms with van der Waals surface area (Å²) in [6.07, 6.45) is 6.28. The van der Waals surface area contributed by atoms with Crippen molar-refractivity contribution < 1.29 is 14.3 Å². The number of amides is 2. The summed E-state index contributed by atoms with van der Waals surface area (Å²) >= 11 is 5.88. The van der Waals surface area contributed by atoms with Crippen LogP contribution in [0.15, 0.2) is 0 Å². The lowest BCUT2D eigenvalue weighted by atomic mass is 9.77. The summed E-state index contributed by atoms with van der Waals surface area (Å²) in [4.78, 5) is 27.8. The second-order valence-electron chi connectivity index (χ2n) is 10.4. The maximum atomic E-state index is 13.0. The molecular weight excluding hydrogens is 412 g/mol. The minimum absolute atomic E-state index is 0.0354. The first-order chi connectivity index (χ1) is 14.5. The van der Waals surface area contributed by atoms with Gasteiger partial charge in [-0.3, -0.25) is 4.79 Å². The van der Waals surface area contributed by atoms with Crippen molar-refractivity contribution >= 4 is 29.2 Å². The monoisotopic (exact) mass is 454 g/mol. The van der Waals surface area contributed by atoms with Gasteiger partial charge in [-0.15, -0.1) is 0 Å². The average molecular weight is 455 g/mol. The summed E-state index contributed by atoms with van der Waals surface area (Å²) in [6, 6.07) is -0.358. The van der Waals surface area contributed by atoms with Gasteiger partial charge in [0.1, 0.15) is 11.0 Å². The minimum Gasteiger partial charge on any atom is -0.453 e. The van der Waals surface area contributed by atoms with E-state index in [9.17, 15) is 9.59 Å². The number of hydrogen-bond donors (Lipinski definition) is 3. The van der Waals surface area contributed by atoms with E-state index in [0.29, 0.717) is 29.4 Å². The quantitative estimate of drug-likeness (QED) is 0.487. The number of likely N-dealkylation sites (tertiary alicyclic amines) is 1. The highest BCUT2D eigenvalue weighted by atomic mass is 32.1. The fourth-order valence-corrected chi connectivity index (χ4v) is 5.76. The number of carbonyl (C=O) groups is 2. The van der Waals surface area contributed by atoms with Crippen molar-refractivity contribution in [1.82, 2.24) is 15.5 Å². The highest BCUT2D eigenvalue weighted by Gasteiger charge is 2.41. The number of carbonyl (C=O) groups excluding carboxylic acids is 2. The Hall–Kier alpha value is -1.41. The van der Waals surface area contributed by atoms with Gasteiger partial charge in [0.25, 0.3) is 0 Å². The Morgan fingerprint density at radius 2 is 1.84 bits per heavy atom. The highest BCUT2D eigenvalue weighted by Crippen LogP contribution is 2.33.